The van der Waals surface area contributed by atoms with Crippen molar-refractivity contribution in [1.82, 2.24) is 9.88 Å². The quantitative estimate of drug-likeness (QED) is 0.150. The number of benzene rings is 2. The molecule has 0 saturated heterocycles. The van der Waals surface area contributed by atoms with Crippen LogP contribution in [0.2, 0.25) is 0 Å². The second-order valence-corrected chi connectivity index (χ2v) is 12.1. The van der Waals surface area contributed by atoms with Crippen LogP contribution in [-0.4, -0.2) is 84.9 Å². The smallest absolute Gasteiger partial charge is 0.179 e. The van der Waals surface area contributed by atoms with Crippen molar-refractivity contribution in [3.8, 4) is 6.07 Å². The summed E-state index contributed by atoms with van der Waals surface area (Å²) in [6.45, 7) is 5.85. The van der Waals surface area contributed by atoms with Gasteiger partial charge in [0, 0.05) is 37.4 Å². The highest BCUT2D eigenvalue weighted by Crippen LogP contribution is 2.37. The zero-order valence-corrected chi connectivity index (χ0v) is 25.5. The van der Waals surface area contributed by atoms with Crippen molar-refractivity contribution in [2.24, 2.45) is 10.2 Å². The Morgan fingerprint density at radius 3 is 2.35 bits per heavy atom. The van der Waals surface area contributed by atoms with Gasteiger partial charge in [-0.3, -0.25) is 4.90 Å². The molecule has 0 aliphatic carbocycles. The normalized spacial score (nSPS) is 12.4. The first-order valence-corrected chi connectivity index (χ1v) is 15.7. The minimum absolute atomic E-state index is 0.0828. The number of para-hydroxylation sites is 1. The maximum absolute atomic E-state index is 13.2. The highest BCUT2D eigenvalue weighted by molar-refractivity contribution is 7.91. The molecule has 12 nitrogen and oxygen atoms in total. The number of nitrogens with zero attached hydrogens (tertiary/aromatic N) is 5. The van der Waals surface area contributed by atoms with Crippen molar-refractivity contribution in [1.29, 1.82) is 5.26 Å². The van der Waals surface area contributed by atoms with Crippen LogP contribution in [0.4, 0.5) is 28.7 Å². The summed E-state index contributed by atoms with van der Waals surface area (Å²) in [6.07, 6.45) is -0.0880. The zero-order valence-electron chi connectivity index (χ0n) is 24.7. The van der Waals surface area contributed by atoms with Crippen molar-refractivity contribution >= 4 is 38.5 Å². The van der Waals surface area contributed by atoms with Crippen LogP contribution in [0.25, 0.3) is 0 Å². The number of aryl methyl sites for hydroxylation is 1. The highest BCUT2D eigenvalue weighted by Gasteiger charge is 2.20. The number of sulfone groups is 1. The van der Waals surface area contributed by atoms with Gasteiger partial charge in [0.25, 0.3) is 0 Å². The topological polar surface area (TPSA) is 184 Å². The lowest BCUT2D eigenvalue weighted by atomic mass is 10.1. The number of aliphatic hydroxyl groups is 3. The average Bonchev–Trinajstić information content (AvgIpc) is 2.99. The summed E-state index contributed by atoms with van der Waals surface area (Å²) in [6, 6.07) is 16.2. The van der Waals surface area contributed by atoms with Gasteiger partial charge in [0.1, 0.15) is 17.6 Å². The molecule has 0 aliphatic heterocycles. The molecule has 3 aromatic rings. The maximum atomic E-state index is 13.2. The lowest BCUT2D eigenvalue weighted by Gasteiger charge is -2.20. The molecule has 1 atom stereocenters. The largest absolute Gasteiger partial charge is 0.395 e. The molecule has 0 amide bonds. The molecular formula is C30H39N7O5S. The number of aromatic nitrogens is 1. The number of pyridine rings is 1. The second-order valence-electron chi connectivity index (χ2n) is 9.94. The van der Waals surface area contributed by atoms with E-state index >= 15 is 0 Å². The number of azo groups is 1. The van der Waals surface area contributed by atoms with E-state index in [1.54, 1.807) is 30.9 Å². The van der Waals surface area contributed by atoms with Gasteiger partial charge in [0.05, 0.1) is 41.2 Å². The molecule has 2 aromatic carbocycles. The Bertz CT molecular complexity index is 1530. The van der Waals surface area contributed by atoms with Crippen LogP contribution < -0.4 is 10.6 Å². The van der Waals surface area contributed by atoms with Crippen LogP contribution >= 0.6 is 0 Å². The van der Waals surface area contributed by atoms with Gasteiger partial charge in [-0.25, -0.2) is 13.4 Å². The summed E-state index contributed by atoms with van der Waals surface area (Å²) >= 11 is 0. The lowest BCUT2D eigenvalue weighted by molar-refractivity contribution is 0.167. The first-order chi connectivity index (χ1) is 20.6. The SMILES string of the molecule is CCc1ccc(S(=O)(=O)CCN(CCO)CCO)cc1/N=N/c1c(Nc2ccccc2)nc(NCC(C)O)c(C#N)c1C. The number of nitrogens with one attached hydrogen (secondary N) is 2. The first kappa shape index (κ1) is 33.6. The second kappa shape index (κ2) is 16.1. The summed E-state index contributed by atoms with van der Waals surface area (Å²) in [5.74, 6) is 0.418. The Kier molecular flexibility index (Phi) is 12.5. The molecule has 230 valence electrons. The molecule has 0 aliphatic rings. The third-order valence-corrected chi connectivity index (χ3v) is 8.38. The molecule has 1 unspecified atom stereocenters. The van der Waals surface area contributed by atoms with Crippen LogP contribution in [-0.2, 0) is 16.3 Å². The Morgan fingerprint density at radius 2 is 1.74 bits per heavy atom. The van der Waals surface area contributed by atoms with Crippen molar-refractivity contribution < 1.29 is 23.7 Å². The van der Waals surface area contributed by atoms with Gasteiger partial charge in [-0.15, -0.1) is 5.11 Å². The molecule has 5 N–H and O–H groups in total. The number of anilines is 3. The molecule has 1 aromatic heterocycles. The minimum atomic E-state index is -3.71. The van der Waals surface area contributed by atoms with Gasteiger partial charge in [0.15, 0.2) is 15.7 Å². The van der Waals surface area contributed by atoms with E-state index in [-0.39, 0.29) is 61.4 Å². The summed E-state index contributed by atoms with van der Waals surface area (Å²) in [5.41, 5.74) is 2.94. The summed E-state index contributed by atoms with van der Waals surface area (Å²) in [4.78, 5) is 6.37. The van der Waals surface area contributed by atoms with E-state index in [1.165, 1.54) is 6.07 Å². The molecule has 3 rings (SSSR count). The summed E-state index contributed by atoms with van der Waals surface area (Å²) in [5, 5.41) is 53.4. The fourth-order valence-electron chi connectivity index (χ4n) is 4.29. The van der Waals surface area contributed by atoms with Crippen molar-refractivity contribution in [2.45, 2.75) is 38.2 Å². The monoisotopic (exact) mass is 609 g/mol. The fraction of sp³-hybridized carbons (Fsp3) is 0.400. The van der Waals surface area contributed by atoms with Gasteiger partial charge < -0.3 is 26.0 Å². The number of aliphatic hydroxyl groups excluding tert-OH is 3. The lowest BCUT2D eigenvalue weighted by Crippen LogP contribution is -2.34. The van der Waals surface area contributed by atoms with E-state index in [9.17, 15) is 29.0 Å². The van der Waals surface area contributed by atoms with Gasteiger partial charge in [-0.2, -0.15) is 10.4 Å². The third kappa shape index (κ3) is 9.28. The van der Waals surface area contributed by atoms with E-state index in [0.29, 0.717) is 29.2 Å². The highest BCUT2D eigenvalue weighted by atomic mass is 32.2. The molecule has 1 heterocycles. The van der Waals surface area contributed by atoms with Crippen molar-refractivity contribution in [3.63, 3.8) is 0 Å². The number of hydrogen-bond donors (Lipinski definition) is 5. The fourth-order valence-corrected chi connectivity index (χ4v) is 5.59. The summed E-state index contributed by atoms with van der Waals surface area (Å²) in [7, 11) is -3.71. The van der Waals surface area contributed by atoms with E-state index in [1.807, 2.05) is 37.3 Å². The average molecular weight is 610 g/mol. The molecular weight excluding hydrogens is 570 g/mol. The van der Waals surface area contributed by atoms with E-state index < -0.39 is 15.9 Å². The van der Waals surface area contributed by atoms with E-state index in [4.69, 9.17) is 0 Å². The van der Waals surface area contributed by atoms with Crippen molar-refractivity contribution in [3.05, 3.63) is 65.2 Å². The van der Waals surface area contributed by atoms with Crippen LogP contribution in [0.1, 0.15) is 30.5 Å². The molecule has 0 fully saturated rings. The standard InChI is InChI=1S/C30H39N7O5S/c1-4-23-10-11-25(43(41,42)17-14-37(12-15-38)13-16-39)18-27(23)35-36-28-22(3)26(19-31)29(32-20-21(2)40)34-30(28)33-24-8-6-5-7-9-24/h5-11,18,21,38-40H,4,12-17,20H2,1-3H3,(H2,32,33,34)/b36-35+. The number of rotatable bonds is 16. The van der Waals surface area contributed by atoms with E-state index in [0.717, 1.165) is 11.3 Å². The molecule has 0 radical (unpaired) electrons. The van der Waals surface area contributed by atoms with Crippen LogP contribution in [0, 0.1) is 18.3 Å². The predicted molar refractivity (Wildman–Crippen MR) is 166 cm³/mol. The van der Waals surface area contributed by atoms with Gasteiger partial charge in [-0.05, 0) is 50.1 Å². The molecule has 0 saturated carbocycles. The van der Waals surface area contributed by atoms with Gasteiger partial charge >= 0.3 is 0 Å². The van der Waals surface area contributed by atoms with E-state index in [2.05, 4.69) is 31.9 Å². The Labute approximate surface area is 252 Å². The minimum Gasteiger partial charge on any atom is -0.395 e. The Morgan fingerprint density at radius 1 is 1.05 bits per heavy atom. The molecule has 0 bridgehead atoms. The number of nitriles is 1. The Hall–Kier alpha value is -3.93. The Balaban J connectivity index is 2.04. The van der Waals surface area contributed by atoms with Crippen LogP contribution in [0.3, 0.4) is 0 Å². The first-order valence-electron chi connectivity index (χ1n) is 14.0. The van der Waals surface area contributed by atoms with Gasteiger partial charge in [-0.1, -0.05) is 31.2 Å². The van der Waals surface area contributed by atoms with Crippen molar-refractivity contribution in [2.75, 3.05) is 55.8 Å². The predicted octanol–water partition coefficient (Wildman–Crippen LogP) is 3.84. The maximum Gasteiger partial charge on any atom is 0.179 e. The van der Waals surface area contributed by atoms with Crippen LogP contribution in [0.5, 0.6) is 0 Å². The molecule has 13 heteroatoms. The third-order valence-electron chi connectivity index (χ3n) is 6.69. The van der Waals surface area contributed by atoms with Crippen LogP contribution in [0.15, 0.2) is 63.7 Å². The molecule has 0 spiro atoms. The van der Waals surface area contributed by atoms with Gasteiger partial charge in [0.2, 0.25) is 0 Å². The zero-order chi connectivity index (χ0) is 31.4. The number of hydrogen-bond acceptors (Lipinski definition) is 12. The summed E-state index contributed by atoms with van der Waals surface area (Å²) < 4.78 is 26.4. The molecule has 43 heavy (non-hydrogen) atoms.